The van der Waals surface area contributed by atoms with E-state index in [1.54, 1.807) is 11.3 Å². The summed E-state index contributed by atoms with van der Waals surface area (Å²) in [4.78, 5) is 24.6. The first kappa shape index (κ1) is 17.7. The molecule has 0 aliphatic carbocycles. The normalized spacial score (nSPS) is 15.3. The van der Waals surface area contributed by atoms with Gasteiger partial charge in [-0.1, -0.05) is 0 Å². The number of carbonyl (C=O) groups excluding carboxylic acids is 1. The lowest BCUT2D eigenvalue weighted by molar-refractivity contribution is 0.0337. The van der Waals surface area contributed by atoms with Crippen molar-refractivity contribution in [2.75, 3.05) is 31.6 Å². The zero-order chi connectivity index (χ0) is 17.9. The van der Waals surface area contributed by atoms with E-state index in [-0.39, 0.29) is 5.91 Å². The number of hydrogen-bond acceptors (Lipinski definition) is 8. The molecule has 1 N–H and O–H groups in total. The Hall–Kier alpha value is -1.65. The van der Waals surface area contributed by atoms with Gasteiger partial charge in [0.2, 0.25) is 0 Å². The van der Waals surface area contributed by atoms with Crippen molar-refractivity contribution in [1.82, 2.24) is 14.9 Å². The number of hydrogen-bond donors (Lipinski definition) is 1. The Kier molecular flexibility index (Phi) is 5.41. The van der Waals surface area contributed by atoms with Crippen LogP contribution in [0.3, 0.4) is 0 Å². The van der Waals surface area contributed by atoms with E-state index in [0.29, 0.717) is 10.0 Å². The molecule has 3 aromatic heterocycles. The summed E-state index contributed by atoms with van der Waals surface area (Å²) in [5, 5.41) is 10.5. The number of anilines is 1. The topological polar surface area (TPSA) is 67.4 Å². The molecule has 0 spiro atoms. The fourth-order valence-electron chi connectivity index (χ4n) is 2.70. The minimum atomic E-state index is -0.145. The van der Waals surface area contributed by atoms with Gasteiger partial charge < -0.3 is 4.74 Å². The lowest BCUT2D eigenvalue weighted by atomic mass is 10.3. The number of amides is 1. The smallest absolute Gasteiger partial charge is 0.269 e. The Morgan fingerprint density at radius 2 is 2.15 bits per heavy atom. The third kappa shape index (κ3) is 4.02. The Morgan fingerprint density at radius 1 is 1.31 bits per heavy atom. The number of rotatable bonds is 5. The van der Waals surface area contributed by atoms with E-state index in [0.717, 1.165) is 54.8 Å². The Bertz CT molecular complexity index is 882. The summed E-state index contributed by atoms with van der Waals surface area (Å²) in [6, 6.07) is 2.02. The van der Waals surface area contributed by atoms with Crippen LogP contribution < -0.4 is 5.32 Å². The molecule has 1 aliphatic heterocycles. The molecule has 9 heteroatoms. The van der Waals surface area contributed by atoms with Gasteiger partial charge in [0, 0.05) is 36.0 Å². The van der Waals surface area contributed by atoms with Crippen LogP contribution in [-0.2, 0) is 11.3 Å². The van der Waals surface area contributed by atoms with Crippen molar-refractivity contribution in [1.29, 1.82) is 0 Å². The van der Waals surface area contributed by atoms with Crippen molar-refractivity contribution in [3.63, 3.8) is 0 Å². The van der Waals surface area contributed by atoms with Gasteiger partial charge in [0.25, 0.3) is 5.91 Å². The number of aryl methyl sites for hydroxylation is 1. The van der Waals surface area contributed by atoms with Crippen LogP contribution in [0.25, 0.3) is 10.6 Å². The van der Waals surface area contributed by atoms with Gasteiger partial charge in [-0.15, -0.1) is 22.7 Å². The van der Waals surface area contributed by atoms with Crippen LogP contribution in [0.15, 0.2) is 22.2 Å². The highest BCUT2D eigenvalue weighted by Crippen LogP contribution is 2.30. The Morgan fingerprint density at radius 3 is 2.92 bits per heavy atom. The first-order valence-electron chi connectivity index (χ1n) is 8.25. The summed E-state index contributed by atoms with van der Waals surface area (Å²) in [6.45, 7) is 6.04. The molecule has 0 unspecified atom stereocenters. The van der Waals surface area contributed by atoms with E-state index in [1.165, 1.54) is 22.7 Å². The summed E-state index contributed by atoms with van der Waals surface area (Å²) in [5.74, 6) is -0.145. The highest BCUT2D eigenvalue weighted by atomic mass is 32.1. The number of thiazole rings is 2. The maximum Gasteiger partial charge on any atom is 0.269 e. The average Bonchev–Trinajstić information content (AvgIpc) is 3.37. The number of aromatic nitrogens is 2. The minimum absolute atomic E-state index is 0.145. The highest BCUT2D eigenvalue weighted by molar-refractivity contribution is 7.18. The monoisotopic (exact) mass is 406 g/mol. The molecule has 0 atom stereocenters. The van der Waals surface area contributed by atoms with Crippen molar-refractivity contribution in [2.45, 2.75) is 13.5 Å². The molecule has 0 radical (unpaired) electrons. The van der Waals surface area contributed by atoms with Crippen LogP contribution in [0, 0.1) is 6.92 Å². The van der Waals surface area contributed by atoms with E-state index < -0.39 is 0 Å². The van der Waals surface area contributed by atoms with Crippen molar-refractivity contribution in [3.8, 4) is 10.6 Å². The van der Waals surface area contributed by atoms with E-state index in [4.69, 9.17) is 4.74 Å². The average molecular weight is 407 g/mol. The second-order valence-electron chi connectivity index (χ2n) is 5.93. The molecule has 0 aromatic carbocycles. The molecular formula is C17H18N4O2S3. The van der Waals surface area contributed by atoms with E-state index in [2.05, 4.69) is 20.2 Å². The standard InChI is InChI=1S/C17H18N4O2S3/c1-11-14(26-16(18-11)12-2-7-24-9-12)15(22)20-17-19-13(10-25-17)8-21-3-5-23-6-4-21/h2,7,9-10H,3-6,8H2,1H3,(H,19,20,22). The number of ether oxygens (including phenoxy) is 1. The number of carbonyl (C=O) groups is 1. The molecule has 4 heterocycles. The molecule has 26 heavy (non-hydrogen) atoms. The molecule has 0 bridgehead atoms. The maximum absolute atomic E-state index is 12.6. The molecule has 136 valence electrons. The summed E-state index contributed by atoms with van der Waals surface area (Å²) in [6.07, 6.45) is 0. The van der Waals surface area contributed by atoms with Gasteiger partial charge in [-0.3, -0.25) is 15.0 Å². The second-order valence-corrected chi connectivity index (χ2v) is 8.57. The molecule has 0 saturated carbocycles. The molecule has 1 amide bonds. The van der Waals surface area contributed by atoms with Gasteiger partial charge in [0.1, 0.15) is 9.88 Å². The zero-order valence-corrected chi connectivity index (χ0v) is 16.7. The molecular weight excluding hydrogens is 388 g/mol. The van der Waals surface area contributed by atoms with Gasteiger partial charge in [-0.2, -0.15) is 11.3 Å². The van der Waals surface area contributed by atoms with E-state index in [9.17, 15) is 4.79 Å². The summed E-state index contributed by atoms with van der Waals surface area (Å²) >= 11 is 4.50. The fourth-order valence-corrected chi connectivity index (χ4v) is 5.07. The van der Waals surface area contributed by atoms with Gasteiger partial charge >= 0.3 is 0 Å². The molecule has 1 aliphatic rings. The predicted octanol–water partition coefficient (Wildman–Crippen LogP) is 3.72. The van der Waals surface area contributed by atoms with Crippen LogP contribution in [0.4, 0.5) is 5.13 Å². The quantitative estimate of drug-likeness (QED) is 0.699. The van der Waals surface area contributed by atoms with Crippen LogP contribution in [0.5, 0.6) is 0 Å². The molecule has 3 aromatic rings. The van der Waals surface area contributed by atoms with E-state index in [1.807, 2.05) is 29.1 Å². The van der Waals surface area contributed by atoms with Gasteiger partial charge in [0.05, 0.1) is 24.6 Å². The Balaban J connectivity index is 1.42. The Labute approximate surface area is 163 Å². The van der Waals surface area contributed by atoms with Crippen LogP contribution in [-0.4, -0.2) is 47.1 Å². The largest absolute Gasteiger partial charge is 0.379 e. The summed E-state index contributed by atoms with van der Waals surface area (Å²) < 4.78 is 5.36. The number of nitrogens with zero attached hydrogens (tertiary/aromatic N) is 3. The first-order valence-corrected chi connectivity index (χ1v) is 10.9. The lowest BCUT2D eigenvalue weighted by Gasteiger charge is -2.25. The lowest BCUT2D eigenvalue weighted by Crippen LogP contribution is -2.35. The third-order valence-electron chi connectivity index (χ3n) is 4.03. The van der Waals surface area contributed by atoms with Crippen molar-refractivity contribution >= 4 is 45.0 Å². The summed E-state index contributed by atoms with van der Waals surface area (Å²) in [5.41, 5.74) is 2.79. The van der Waals surface area contributed by atoms with Gasteiger partial charge in [-0.05, 0) is 18.4 Å². The molecule has 6 nitrogen and oxygen atoms in total. The number of thiophene rings is 1. The number of nitrogens with one attached hydrogen (secondary N) is 1. The first-order chi connectivity index (χ1) is 12.7. The molecule has 4 rings (SSSR count). The van der Waals surface area contributed by atoms with Crippen LogP contribution in [0.1, 0.15) is 21.1 Å². The molecule has 1 saturated heterocycles. The minimum Gasteiger partial charge on any atom is -0.379 e. The second kappa shape index (κ2) is 7.93. The van der Waals surface area contributed by atoms with E-state index >= 15 is 0 Å². The highest BCUT2D eigenvalue weighted by Gasteiger charge is 2.18. The van der Waals surface area contributed by atoms with Crippen LogP contribution >= 0.6 is 34.0 Å². The maximum atomic E-state index is 12.6. The van der Waals surface area contributed by atoms with Crippen molar-refractivity contribution < 1.29 is 9.53 Å². The van der Waals surface area contributed by atoms with Crippen LogP contribution in [0.2, 0.25) is 0 Å². The summed E-state index contributed by atoms with van der Waals surface area (Å²) in [7, 11) is 0. The van der Waals surface area contributed by atoms with Gasteiger partial charge in [-0.25, -0.2) is 9.97 Å². The van der Waals surface area contributed by atoms with Crippen molar-refractivity contribution in [2.24, 2.45) is 0 Å². The zero-order valence-electron chi connectivity index (χ0n) is 14.2. The number of morpholine rings is 1. The SMILES string of the molecule is Cc1nc(-c2ccsc2)sc1C(=O)Nc1nc(CN2CCOCC2)cs1. The fraction of sp³-hybridized carbons (Fsp3) is 0.353. The van der Waals surface area contributed by atoms with Crippen molar-refractivity contribution in [3.05, 3.63) is 38.5 Å². The predicted molar refractivity (Wildman–Crippen MR) is 106 cm³/mol. The van der Waals surface area contributed by atoms with Gasteiger partial charge in [0.15, 0.2) is 5.13 Å². The third-order valence-corrected chi connectivity index (χ3v) is 6.73. The molecule has 1 fully saturated rings.